The van der Waals surface area contributed by atoms with Crippen molar-refractivity contribution in [2.45, 2.75) is 6.18 Å². The average molecular weight is 439 g/mol. The Hall–Kier alpha value is -3.34. The van der Waals surface area contributed by atoms with E-state index in [-0.39, 0.29) is 43.3 Å². The van der Waals surface area contributed by atoms with Crippen LogP contribution in [0.15, 0.2) is 42.5 Å². The zero-order valence-electron chi connectivity index (χ0n) is 16.3. The minimum Gasteiger partial charge on any atom is -0.490 e. The first-order chi connectivity index (χ1) is 14.7. The third kappa shape index (κ3) is 5.23. The maximum atomic E-state index is 13.0. The zero-order valence-corrected chi connectivity index (χ0v) is 16.3. The smallest absolute Gasteiger partial charge is 0.416 e. The van der Waals surface area contributed by atoms with Crippen molar-refractivity contribution in [3.05, 3.63) is 63.7 Å². The lowest BCUT2D eigenvalue weighted by Gasteiger charge is -2.36. The van der Waals surface area contributed by atoms with E-state index in [4.69, 9.17) is 9.84 Å². The number of hydrogen-bond acceptors (Lipinski definition) is 6. The summed E-state index contributed by atoms with van der Waals surface area (Å²) in [6.45, 7) is 0.984. The van der Waals surface area contributed by atoms with Gasteiger partial charge in [0, 0.05) is 44.0 Å². The van der Waals surface area contributed by atoms with Crippen LogP contribution in [-0.4, -0.2) is 60.2 Å². The lowest BCUT2D eigenvalue weighted by atomic mass is 10.1. The van der Waals surface area contributed by atoms with Crippen molar-refractivity contribution in [1.82, 2.24) is 4.90 Å². The molecule has 1 amide bonds. The van der Waals surface area contributed by atoms with Gasteiger partial charge in [0.2, 0.25) is 0 Å². The Morgan fingerprint density at radius 2 is 1.74 bits per heavy atom. The Morgan fingerprint density at radius 1 is 1.10 bits per heavy atom. The normalized spacial score (nSPS) is 14.5. The highest BCUT2D eigenvalue weighted by Gasteiger charge is 2.31. The Morgan fingerprint density at radius 3 is 2.29 bits per heavy atom. The number of alkyl halides is 3. The molecule has 3 rings (SSSR count). The SMILES string of the molecule is O=C(c1cc([N+](=O)[O-])ccc1OCCO)N1CCN(c2ccc(C(F)(F)F)cc2)CC1. The van der Waals surface area contributed by atoms with Gasteiger partial charge in [0.15, 0.2) is 0 Å². The number of amides is 1. The molecule has 1 N–H and O–H groups in total. The van der Waals surface area contributed by atoms with Crippen molar-refractivity contribution in [2.24, 2.45) is 0 Å². The van der Waals surface area contributed by atoms with Gasteiger partial charge in [-0.15, -0.1) is 0 Å². The molecule has 2 aromatic carbocycles. The van der Waals surface area contributed by atoms with E-state index in [1.54, 1.807) is 0 Å². The molecule has 1 heterocycles. The second kappa shape index (κ2) is 9.21. The van der Waals surface area contributed by atoms with Crippen LogP contribution in [0.2, 0.25) is 0 Å². The molecule has 0 spiro atoms. The highest BCUT2D eigenvalue weighted by atomic mass is 19.4. The number of rotatable bonds is 6. The van der Waals surface area contributed by atoms with E-state index in [1.165, 1.54) is 29.2 Å². The highest BCUT2D eigenvalue weighted by molar-refractivity contribution is 5.97. The van der Waals surface area contributed by atoms with Crippen LogP contribution in [0, 0.1) is 10.1 Å². The second-order valence-corrected chi connectivity index (χ2v) is 6.83. The second-order valence-electron chi connectivity index (χ2n) is 6.83. The number of nitrogens with zero attached hydrogens (tertiary/aromatic N) is 3. The molecule has 1 aliphatic heterocycles. The quantitative estimate of drug-likeness (QED) is 0.549. The molecule has 0 aliphatic carbocycles. The first-order valence-electron chi connectivity index (χ1n) is 9.44. The number of aliphatic hydroxyl groups is 1. The molecule has 0 aromatic heterocycles. The Bertz CT molecular complexity index is 942. The van der Waals surface area contributed by atoms with Gasteiger partial charge >= 0.3 is 6.18 Å². The third-order valence-corrected chi connectivity index (χ3v) is 4.88. The molecule has 0 radical (unpaired) electrons. The minimum absolute atomic E-state index is 0.0191. The minimum atomic E-state index is -4.41. The summed E-state index contributed by atoms with van der Waals surface area (Å²) < 4.78 is 43.5. The molecule has 8 nitrogen and oxygen atoms in total. The van der Waals surface area contributed by atoms with Crippen molar-refractivity contribution < 1.29 is 32.7 Å². The summed E-state index contributed by atoms with van der Waals surface area (Å²) in [5.74, 6) is -0.321. The predicted molar refractivity (Wildman–Crippen MR) is 105 cm³/mol. The van der Waals surface area contributed by atoms with Gasteiger partial charge in [0.25, 0.3) is 11.6 Å². The Labute approximate surface area is 175 Å². The summed E-state index contributed by atoms with van der Waals surface area (Å²) in [6.07, 6.45) is -4.41. The molecule has 11 heteroatoms. The first-order valence-corrected chi connectivity index (χ1v) is 9.44. The lowest BCUT2D eigenvalue weighted by molar-refractivity contribution is -0.384. The Kier molecular flexibility index (Phi) is 6.64. The van der Waals surface area contributed by atoms with E-state index in [0.717, 1.165) is 18.2 Å². The van der Waals surface area contributed by atoms with E-state index in [0.29, 0.717) is 18.8 Å². The number of carbonyl (C=O) groups excluding carboxylic acids is 1. The molecule has 0 unspecified atom stereocenters. The largest absolute Gasteiger partial charge is 0.490 e. The van der Waals surface area contributed by atoms with Gasteiger partial charge in [-0.2, -0.15) is 13.2 Å². The van der Waals surface area contributed by atoms with Gasteiger partial charge < -0.3 is 19.6 Å². The van der Waals surface area contributed by atoms with Crippen LogP contribution in [-0.2, 0) is 6.18 Å². The van der Waals surface area contributed by atoms with E-state index in [2.05, 4.69) is 0 Å². The molecule has 1 fully saturated rings. The fourth-order valence-electron chi connectivity index (χ4n) is 3.28. The molecule has 1 saturated heterocycles. The molecule has 166 valence electrons. The van der Waals surface area contributed by atoms with Gasteiger partial charge in [-0.05, 0) is 30.3 Å². The van der Waals surface area contributed by atoms with Gasteiger partial charge in [0.1, 0.15) is 12.4 Å². The number of non-ortho nitro benzene ring substituents is 1. The summed E-state index contributed by atoms with van der Waals surface area (Å²) in [7, 11) is 0. The number of ether oxygens (including phenoxy) is 1. The average Bonchev–Trinajstić information content (AvgIpc) is 2.76. The summed E-state index contributed by atoms with van der Waals surface area (Å²) in [5.41, 5.74) is -0.359. The predicted octanol–water partition coefficient (Wildman–Crippen LogP) is 2.95. The summed E-state index contributed by atoms with van der Waals surface area (Å²) >= 11 is 0. The van der Waals surface area contributed by atoms with Crippen LogP contribution in [0.5, 0.6) is 5.75 Å². The Balaban J connectivity index is 1.71. The summed E-state index contributed by atoms with van der Waals surface area (Å²) in [6, 6.07) is 8.48. The standard InChI is InChI=1S/C20H20F3N3O5/c21-20(22,23)14-1-3-15(4-2-14)24-7-9-25(10-8-24)19(28)17-13-16(26(29)30)5-6-18(17)31-12-11-27/h1-6,13,27H,7-12H2. The third-order valence-electron chi connectivity index (χ3n) is 4.88. The number of piperazine rings is 1. The zero-order chi connectivity index (χ0) is 22.6. The molecule has 0 atom stereocenters. The molecular formula is C20H20F3N3O5. The van der Waals surface area contributed by atoms with E-state index in [9.17, 15) is 28.1 Å². The van der Waals surface area contributed by atoms with Gasteiger partial charge in [-0.3, -0.25) is 14.9 Å². The number of halogens is 3. The maximum absolute atomic E-state index is 13.0. The van der Waals surface area contributed by atoms with Crippen LogP contribution in [0.25, 0.3) is 0 Å². The molecule has 31 heavy (non-hydrogen) atoms. The van der Waals surface area contributed by atoms with Gasteiger partial charge in [-0.1, -0.05) is 0 Å². The van der Waals surface area contributed by atoms with Crippen LogP contribution in [0.3, 0.4) is 0 Å². The topological polar surface area (TPSA) is 96.1 Å². The number of nitro groups is 1. The van der Waals surface area contributed by atoms with Crippen LogP contribution < -0.4 is 9.64 Å². The number of carbonyl (C=O) groups is 1. The summed E-state index contributed by atoms with van der Waals surface area (Å²) in [5, 5.41) is 20.0. The molecule has 1 aliphatic rings. The number of benzene rings is 2. The van der Waals surface area contributed by atoms with Crippen molar-refractivity contribution >= 4 is 17.3 Å². The molecule has 0 bridgehead atoms. The molecular weight excluding hydrogens is 419 g/mol. The van der Waals surface area contributed by atoms with E-state index >= 15 is 0 Å². The van der Waals surface area contributed by atoms with Gasteiger partial charge in [0.05, 0.1) is 22.7 Å². The van der Waals surface area contributed by atoms with Crippen LogP contribution >= 0.6 is 0 Å². The van der Waals surface area contributed by atoms with Crippen molar-refractivity contribution in [2.75, 3.05) is 44.3 Å². The van der Waals surface area contributed by atoms with Gasteiger partial charge in [-0.25, -0.2) is 0 Å². The number of aliphatic hydroxyl groups excluding tert-OH is 1. The summed E-state index contributed by atoms with van der Waals surface area (Å²) in [4.78, 5) is 26.8. The maximum Gasteiger partial charge on any atom is 0.416 e. The fraction of sp³-hybridized carbons (Fsp3) is 0.350. The van der Waals surface area contributed by atoms with E-state index < -0.39 is 22.6 Å². The number of anilines is 1. The number of hydrogen-bond donors (Lipinski definition) is 1. The van der Waals surface area contributed by atoms with Crippen molar-refractivity contribution in [1.29, 1.82) is 0 Å². The molecule has 0 saturated carbocycles. The van der Waals surface area contributed by atoms with E-state index in [1.807, 2.05) is 4.90 Å². The molecule has 2 aromatic rings. The van der Waals surface area contributed by atoms with Crippen LogP contribution in [0.1, 0.15) is 15.9 Å². The first kappa shape index (κ1) is 22.3. The fourth-order valence-corrected chi connectivity index (χ4v) is 3.28. The number of nitro benzene ring substituents is 1. The van der Waals surface area contributed by atoms with Crippen LogP contribution in [0.4, 0.5) is 24.5 Å². The van der Waals surface area contributed by atoms with Crippen molar-refractivity contribution in [3.63, 3.8) is 0 Å². The monoisotopic (exact) mass is 439 g/mol. The lowest BCUT2D eigenvalue weighted by Crippen LogP contribution is -2.48. The van der Waals surface area contributed by atoms with Crippen molar-refractivity contribution in [3.8, 4) is 5.75 Å². The highest BCUT2D eigenvalue weighted by Crippen LogP contribution is 2.31.